The third-order valence-electron chi connectivity index (χ3n) is 2.61. The molecule has 0 aliphatic heterocycles. The van der Waals surface area contributed by atoms with E-state index in [0.29, 0.717) is 25.2 Å². The van der Waals surface area contributed by atoms with Gasteiger partial charge < -0.3 is 14.9 Å². The fourth-order valence-corrected chi connectivity index (χ4v) is 1.68. The van der Waals surface area contributed by atoms with Crippen molar-refractivity contribution in [3.05, 3.63) is 35.4 Å². The molecular formula is C13H19NO4. The van der Waals surface area contributed by atoms with Crippen LogP contribution < -0.4 is 0 Å². The van der Waals surface area contributed by atoms with E-state index in [2.05, 4.69) is 4.74 Å². The number of methoxy groups -OCH3 is 1. The standard InChI is InChI=1S/C13H19NO4/c1-18-13(17)12-4-2-11(3-5-12)10-14(6-8-15)7-9-16/h2-5,15-16H,6-10H2,1H3. The Hall–Kier alpha value is -1.43. The molecular weight excluding hydrogens is 234 g/mol. The monoisotopic (exact) mass is 253 g/mol. The maximum atomic E-state index is 11.3. The second kappa shape index (κ2) is 7.81. The van der Waals surface area contributed by atoms with Gasteiger partial charge in [-0.15, -0.1) is 0 Å². The van der Waals surface area contributed by atoms with Gasteiger partial charge in [0, 0.05) is 19.6 Å². The zero-order valence-corrected chi connectivity index (χ0v) is 10.5. The van der Waals surface area contributed by atoms with Crippen LogP contribution in [0.25, 0.3) is 0 Å². The second-order valence-corrected chi connectivity index (χ2v) is 3.91. The molecule has 0 radical (unpaired) electrons. The summed E-state index contributed by atoms with van der Waals surface area (Å²) >= 11 is 0. The largest absolute Gasteiger partial charge is 0.465 e. The van der Waals surface area contributed by atoms with Gasteiger partial charge >= 0.3 is 5.97 Å². The lowest BCUT2D eigenvalue weighted by Crippen LogP contribution is -2.29. The van der Waals surface area contributed by atoms with Gasteiger partial charge in [-0.05, 0) is 17.7 Å². The molecule has 0 aromatic heterocycles. The van der Waals surface area contributed by atoms with Crippen molar-refractivity contribution in [2.45, 2.75) is 6.54 Å². The minimum Gasteiger partial charge on any atom is -0.465 e. The van der Waals surface area contributed by atoms with Crippen molar-refractivity contribution in [3.63, 3.8) is 0 Å². The molecule has 1 aromatic carbocycles. The summed E-state index contributed by atoms with van der Waals surface area (Å²) < 4.78 is 4.62. The zero-order valence-electron chi connectivity index (χ0n) is 10.5. The number of carbonyl (C=O) groups is 1. The Labute approximate surface area is 107 Å². The number of nitrogens with zero attached hydrogens (tertiary/aromatic N) is 1. The number of hydrogen-bond donors (Lipinski definition) is 2. The zero-order chi connectivity index (χ0) is 13.4. The molecule has 0 unspecified atom stereocenters. The average molecular weight is 253 g/mol. The minimum atomic E-state index is -0.357. The van der Waals surface area contributed by atoms with Gasteiger partial charge in [-0.2, -0.15) is 0 Å². The summed E-state index contributed by atoms with van der Waals surface area (Å²) in [5.74, 6) is -0.357. The first kappa shape index (κ1) is 14.6. The first-order chi connectivity index (χ1) is 8.71. The van der Waals surface area contributed by atoms with Crippen LogP contribution >= 0.6 is 0 Å². The number of aliphatic hydroxyl groups is 2. The number of aliphatic hydroxyl groups excluding tert-OH is 2. The van der Waals surface area contributed by atoms with Crippen molar-refractivity contribution in [3.8, 4) is 0 Å². The molecule has 5 nitrogen and oxygen atoms in total. The summed E-state index contributed by atoms with van der Waals surface area (Å²) in [4.78, 5) is 13.2. The summed E-state index contributed by atoms with van der Waals surface area (Å²) in [6.45, 7) is 1.77. The first-order valence-electron chi connectivity index (χ1n) is 5.82. The molecule has 1 rings (SSSR count). The van der Waals surface area contributed by atoms with E-state index in [1.54, 1.807) is 12.1 Å². The molecule has 0 fully saturated rings. The maximum absolute atomic E-state index is 11.3. The highest BCUT2D eigenvalue weighted by molar-refractivity contribution is 5.89. The van der Waals surface area contributed by atoms with Gasteiger partial charge in [0.15, 0.2) is 0 Å². The van der Waals surface area contributed by atoms with E-state index in [0.717, 1.165) is 5.56 Å². The molecule has 1 aromatic rings. The summed E-state index contributed by atoms with van der Waals surface area (Å²) in [6, 6.07) is 7.09. The summed E-state index contributed by atoms with van der Waals surface area (Å²) in [7, 11) is 1.35. The molecule has 18 heavy (non-hydrogen) atoms. The van der Waals surface area contributed by atoms with Gasteiger partial charge in [0.1, 0.15) is 0 Å². The Balaban J connectivity index is 2.63. The Kier molecular flexibility index (Phi) is 6.35. The van der Waals surface area contributed by atoms with Gasteiger partial charge in [0.25, 0.3) is 0 Å². The third-order valence-corrected chi connectivity index (χ3v) is 2.61. The van der Waals surface area contributed by atoms with Gasteiger partial charge in [-0.25, -0.2) is 4.79 Å². The normalized spacial score (nSPS) is 10.7. The number of benzene rings is 1. The van der Waals surface area contributed by atoms with Crippen LogP contribution in [0.2, 0.25) is 0 Å². The summed E-state index contributed by atoms with van der Waals surface area (Å²) in [5, 5.41) is 17.8. The van der Waals surface area contributed by atoms with Crippen LogP contribution in [-0.4, -0.2) is 54.5 Å². The smallest absolute Gasteiger partial charge is 0.337 e. The SMILES string of the molecule is COC(=O)c1ccc(CN(CCO)CCO)cc1. The van der Waals surface area contributed by atoms with Gasteiger partial charge in [-0.1, -0.05) is 12.1 Å². The highest BCUT2D eigenvalue weighted by atomic mass is 16.5. The van der Waals surface area contributed by atoms with Crippen molar-refractivity contribution in [1.29, 1.82) is 0 Å². The summed E-state index contributed by atoms with van der Waals surface area (Å²) in [5.41, 5.74) is 1.53. The molecule has 0 aliphatic rings. The predicted molar refractivity (Wildman–Crippen MR) is 67.2 cm³/mol. The first-order valence-corrected chi connectivity index (χ1v) is 5.82. The second-order valence-electron chi connectivity index (χ2n) is 3.91. The third kappa shape index (κ3) is 4.44. The number of rotatable bonds is 7. The number of esters is 1. The Morgan fingerprint density at radius 1 is 1.17 bits per heavy atom. The Morgan fingerprint density at radius 3 is 2.17 bits per heavy atom. The Bertz CT molecular complexity index is 358. The van der Waals surface area contributed by atoms with Crippen LogP contribution in [0, 0.1) is 0 Å². The highest BCUT2D eigenvalue weighted by Crippen LogP contribution is 2.08. The van der Waals surface area contributed by atoms with Crippen molar-refractivity contribution < 1.29 is 19.7 Å². The van der Waals surface area contributed by atoms with E-state index in [1.165, 1.54) is 7.11 Å². The van der Waals surface area contributed by atoms with E-state index in [-0.39, 0.29) is 19.2 Å². The van der Waals surface area contributed by atoms with Crippen molar-refractivity contribution in [2.24, 2.45) is 0 Å². The van der Waals surface area contributed by atoms with Crippen molar-refractivity contribution >= 4 is 5.97 Å². The predicted octanol–water partition coefficient (Wildman–Crippen LogP) is 0.260. The van der Waals surface area contributed by atoms with Gasteiger partial charge in [0.05, 0.1) is 25.9 Å². The Morgan fingerprint density at radius 2 is 1.72 bits per heavy atom. The van der Waals surface area contributed by atoms with Crippen molar-refractivity contribution in [2.75, 3.05) is 33.4 Å². The lowest BCUT2D eigenvalue weighted by atomic mass is 10.1. The average Bonchev–Trinajstić information content (AvgIpc) is 2.39. The maximum Gasteiger partial charge on any atom is 0.337 e. The van der Waals surface area contributed by atoms with Gasteiger partial charge in [0.2, 0.25) is 0 Å². The topological polar surface area (TPSA) is 70.0 Å². The quantitative estimate of drug-likeness (QED) is 0.682. The molecule has 0 spiro atoms. The molecule has 0 bridgehead atoms. The molecule has 2 N–H and O–H groups in total. The lowest BCUT2D eigenvalue weighted by Gasteiger charge is -2.20. The van der Waals surface area contributed by atoms with E-state index in [9.17, 15) is 4.79 Å². The molecule has 0 aliphatic carbocycles. The summed E-state index contributed by atoms with van der Waals surface area (Å²) in [6.07, 6.45) is 0. The molecule has 0 atom stereocenters. The van der Waals surface area contributed by atoms with Crippen LogP contribution in [0.1, 0.15) is 15.9 Å². The molecule has 100 valence electrons. The lowest BCUT2D eigenvalue weighted by molar-refractivity contribution is 0.0600. The van der Waals surface area contributed by atoms with Crippen LogP contribution in [0.3, 0.4) is 0 Å². The number of hydrogen-bond acceptors (Lipinski definition) is 5. The molecule has 0 heterocycles. The highest BCUT2D eigenvalue weighted by Gasteiger charge is 2.07. The van der Waals surface area contributed by atoms with E-state index < -0.39 is 0 Å². The van der Waals surface area contributed by atoms with E-state index in [4.69, 9.17) is 10.2 Å². The minimum absolute atomic E-state index is 0.0558. The fraction of sp³-hybridized carbons (Fsp3) is 0.462. The molecule has 5 heteroatoms. The van der Waals surface area contributed by atoms with Crippen LogP contribution in [0.15, 0.2) is 24.3 Å². The number of carbonyl (C=O) groups excluding carboxylic acids is 1. The van der Waals surface area contributed by atoms with Crippen LogP contribution in [-0.2, 0) is 11.3 Å². The van der Waals surface area contributed by atoms with E-state index in [1.807, 2.05) is 17.0 Å². The van der Waals surface area contributed by atoms with Crippen LogP contribution in [0.5, 0.6) is 0 Å². The fourth-order valence-electron chi connectivity index (χ4n) is 1.68. The number of ether oxygens (including phenoxy) is 1. The van der Waals surface area contributed by atoms with E-state index >= 15 is 0 Å². The molecule has 0 saturated carbocycles. The molecule has 0 saturated heterocycles. The van der Waals surface area contributed by atoms with Crippen molar-refractivity contribution in [1.82, 2.24) is 4.90 Å². The van der Waals surface area contributed by atoms with Crippen LogP contribution in [0.4, 0.5) is 0 Å². The molecule has 0 amide bonds. The van der Waals surface area contributed by atoms with Gasteiger partial charge in [-0.3, -0.25) is 4.90 Å².